The Labute approximate surface area is 91.2 Å². The third-order valence-electron chi connectivity index (χ3n) is 2.43. The molecule has 1 atom stereocenters. The van der Waals surface area contributed by atoms with E-state index in [4.69, 9.17) is 0 Å². The number of hydrogen-bond acceptors (Lipinski definition) is 2. The van der Waals surface area contributed by atoms with Crippen LogP contribution in [0.5, 0.6) is 0 Å². The van der Waals surface area contributed by atoms with Gasteiger partial charge in [-0.1, -0.05) is 36.4 Å². The third-order valence-corrected chi connectivity index (χ3v) is 2.43. The zero-order valence-electron chi connectivity index (χ0n) is 9.10. The van der Waals surface area contributed by atoms with Crippen LogP contribution in [0.25, 0.3) is 0 Å². The van der Waals surface area contributed by atoms with E-state index in [1.165, 1.54) is 5.56 Å². The van der Waals surface area contributed by atoms with Crippen molar-refractivity contribution in [2.24, 2.45) is 0 Å². The number of benzene rings is 1. The van der Waals surface area contributed by atoms with Crippen molar-refractivity contribution in [1.29, 1.82) is 0 Å². The molecule has 0 saturated heterocycles. The second-order valence-corrected chi connectivity index (χ2v) is 3.62. The molecule has 2 nitrogen and oxygen atoms in total. The molecule has 0 fully saturated rings. The van der Waals surface area contributed by atoms with Gasteiger partial charge in [-0.3, -0.25) is 4.90 Å². The first-order valence-corrected chi connectivity index (χ1v) is 5.08. The minimum absolute atomic E-state index is 0.0644. The van der Waals surface area contributed by atoms with E-state index in [9.17, 15) is 4.79 Å². The molecule has 80 valence electrons. The van der Waals surface area contributed by atoms with E-state index < -0.39 is 0 Å². The van der Waals surface area contributed by atoms with Crippen molar-refractivity contribution < 1.29 is 4.79 Å². The molecular formula is C13H17NO. The summed E-state index contributed by atoms with van der Waals surface area (Å²) in [4.78, 5) is 12.9. The normalized spacial score (nSPS) is 12.4. The molecule has 0 amide bonds. The summed E-state index contributed by atoms with van der Waals surface area (Å²) in [6.45, 7) is 4.40. The molecule has 0 aliphatic rings. The van der Waals surface area contributed by atoms with E-state index in [0.29, 0.717) is 0 Å². The van der Waals surface area contributed by atoms with Crippen molar-refractivity contribution >= 4 is 6.29 Å². The Bertz CT molecular complexity index is 308. The summed E-state index contributed by atoms with van der Waals surface area (Å²) < 4.78 is 0. The second-order valence-electron chi connectivity index (χ2n) is 3.62. The van der Waals surface area contributed by atoms with Crippen LogP contribution in [-0.4, -0.2) is 30.8 Å². The first kappa shape index (κ1) is 11.7. The summed E-state index contributed by atoms with van der Waals surface area (Å²) >= 11 is 0. The molecule has 0 heterocycles. The molecule has 0 bridgehead atoms. The van der Waals surface area contributed by atoms with E-state index in [2.05, 4.69) is 6.58 Å². The molecule has 2 heteroatoms. The summed E-state index contributed by atoms with van der Waals surface area (Å²) in [5.74, 6) is 0. The fourth-order valence-corrected chi connectivity index (χ4v) is 1.50. The quantitative estimate of drug-likeness (QED) is 0.520. The average Bonchev–Trinajstić information content (AvgIpc) is 2.27. The highest BCUT2D eigenvalue weighted by Crippen LogP contribution is 2.05. The number of likely N-dealkylation sites (N-methyl/N-ethyl adjacent to an activating group) is 1. The number of rotatable bonds is 6. The van der Waals surface area contributed by atoms with Crippen molar-refractivity contribution in [3.63, 3.8) is 0 Å². The van der Waals surface area contributed by atoms with Gasteiger partial charge in [0.15, 0.2) is 0 Å². The Hall–Kier alpha value is -1.41. The summed E-state index contributed by atoms with van der Waals surface area (Å²) in [6, 6.07) is 9.98. The first-order chi connectivity index (χ1) is 7.27. The van der Waals surface area contributed by atoms with Crippen molar-refractivity contribution in [3.05, 3.63) is 48.6 Å². The molecule has 0 N–H and O–H groups in total. The van der Waals surface area contributed by atoms with Crippen LogP contribution in [0.1, 0.15) is 5.56 Å². The largest absolute Gasteiger partial charge is 0.302 e. The maximum absolute atomic E-state index is 10.9. The standard InChI is InChI=1S/C13H17NO/c1-3-9-14(2)13(11-15)10-12-7-5-4-6-8-12/h3-8,11,13H,1,9-10H2,2H3/t13-/m0/s1. The predicted octanol–water partition coefficient (Wildman–Crippen LogP) is 1.91. The summed E-state index contributed by atoms with van der Waals surface area (Å²) in [6.07, 6.45) is 3.56. The molecule has 0 spiro atoms. The zero-order valence-corrected chi connectivity index (χ0v) is 9.10. The average molecular weight is 203 g/mol. The van der Waals surface area contributed by atoms with Gasteiger partial charge in [0.1, 0.15) is 6.29 Å². The summed E-state index contributed by atoms with van der Waals surface area (Å²) in [5, 5.41) is 0. The number of nitrogens with zero attached hydrogens (tertiary/aromatic N) is 1. The molecule has 1 aromatic rings. The van der Waals surface area contributed by atoms with Crippen LogP contribution in [-0.2, 0) is 11.2 Å². The van der Waals surface area contributed by atoms with Gasteiger partial charge in [0.05, 0.1) is 6.04 Å². The van der Waals surface area contributed by atoms with Crippen LogP contribution in [0.4, 0.5) is 0 Å². The highest BCUT2D eigenvalue weighted by molar-refractivity contribution is 5.58. The second kappa shape index (κ2) is 6.14. The number of hydrogen-bond donors (Lipinski definition) is 0. The minimum atomic E-state index is -0.0644. The van der Waals surface area contributed by atoms with Crippen molar-refractivity contribution in [3.8, 4) is 0 Å². The number of carbonyl (C=O) groups excluding carboxylic acids is 1. The van der Waals surface area contributed by atoms with E-state index in [1.807, 2.05) is 48.4 Å². The molecule has 0 aliphatic heterocycles. The maximum Gasteiger partial charge on any atom is 0.137 e. The topological polar surface area (TPSA) is 20.3 Å². The van der Waals surface area contributed by atoms with Gasteiger partial charge in [-0.25, -0.2) is 0 Å². The maximum atomic E-state index is 10.9. The molecule has 1 aromatic carbocycles. The third kappa shape index (κ3) is 3.68. The van der Waals surface area contributed by atoms with Crippen LogP contribution < -0.4 is 0 Å². The Balaban J connectivity index is 2.61. The van der Waals surface area contributed by atoms with Crippen LogP contribution in [0, 0.1) is 0 Å². The van der Waals surface area contributed by atoms with E-state index in [0.717, 1.165) is 19.3 Å². The van der Waals surface area contributed by atoms with Gasteiger partial charge in [-0.15, -0.1) is 6.58 Å². The number of carbonyl (C=O) groups is 1. The van der Waals surface area contributed by atoms with Gasteiger partial charge in [-0.05, 0) is 19.0 Å². The molecule has 0 radical (unpaired) electrons. The zero-order chi connectivity index (χ0) is 11.1. The molecular weight excluding hydrogens is 186 g/mol. The lowest BCUT2D eigenvalue weighted by molar-refractivity contribution is -0.111. The van der Waals surface area contributed by atoms with E-state index >= 15 is 0 Å². The lowest BCUT2D eigenvalue weighted by atomic mass is 10.1. The molecule has 1 rings (SSSR count). The molecule has 15 heavy (non-hydrogen) atoms. The van der Waals surface area contributed by atoms with Gasteiger partial charge in [0.25, 0.3) is 0 Å². The van der Waals surface area contributed by atoms with Crippen molar-refractivity contribution in [1.82, 2.24) is 4.90 Å². The first-order valence-electron chi connectivity index (χ1n) is 5.08. The highest BCUT2D eigenvalue weighted by Gasteiger charge is 2.12. The van der Waals surface area contributed by atoms with E-state index in [1.54, 1.807) is 0 Å². The Morgan fingerprint density at radius 2 is 2.07 bits per heavy atom. The van der Waals surface area contributed by atoms with Gasteiger partial charge in [0.2, 0.25) is 0 Å². The van der Waals surface area contributed by atoms with Gasteiger partial charge in [0, 0.05) is 6.54 Å². The minimum Gasteiger partial charge on any atom is -0.302 e. The lowest BCUT2D eigenvalue weighted by Gasteiger charge is -2.21. The fraction of sp³-hybridized carbons (Fsp3) is 0.308. The van der Waals surface area contributed by atoms with Crippen LogP contribution >= 0.6 is 0 Å². The fourth-order valence-electron chi connectivity index (χ4n) is 1.50. The summed E-state index contributed by atoms with van der Waals surface area (Å²) in [7, 11) is 1.93. The molecule has 0 saturated carbocycles. The highest BCUT2D eigenvalue weighted by atomic mass is 16.1. The van der Waals surface area contributed by atoms with Crippen LogP contribution in [0.15, 0.2) is 43.0 Å². The SMILES string of the molecule is C=CCN(C)[C@H](C=O)Cc1ccccc1. The van der Waals surface area contributed by atoms with Crippen molar-refractivity contribution in [2.45, 2.75) is 12.5 Å². The lowest BCUT2D eigenvalue weighted by Crippen LogP contribution is -2.34. The predicted molar refractivity (Wildman–Crippen MR) is 62.8 cm³/mol. The number of aldehydes is 1. The summed E-state index contributed by atoms with van der Waals surface area (Å²) in [5.41, 5.74) is 1.19. The van der Waals surface area contributed by atoms with Gasteiger partial charge < -0.3 is 4.79 Å². The Morgan fingerprint density at radius 1 is 1.40 bits per heavy atom. The monoisotopic (exact) mass is 203 g/mol. The molecule has 0 unspecified atom stereocenters. The Kier molecular flexibility index (Phi) is 4.78. The van der Waals surface area contributed by atoms with Crippen molar-refractivity contribution in [2.75, 3.05) is 13.6 Å². The molecule has 0 aliphatic carbocycles. The van der Waals surface area contributed by atoms with E-state index in [-0.39, 0.29) is 6.04 Å². The van der Waals surface area contributed by atoms with Crippen LogP contribution in [0.3, 0.4) is 0 Å². The van der Waals surface area contributed by atoms with Crippen LogP contribution in [0.2, 0.25) is 0 Å². The molecule has 0 aromatic heterocycles. The van der Waals surface area contributed by atoms with Gasteiger partial charge >= 0.3 is 0 Å². The smallest absolute Gasteiger partial charge is 0.137 e. The van der Waals surface area contributed by atoms with Gasteiger partial charge in [-0.2, -0.15) is 0 Å². The Morgan fingerprint density at radius 3 is 2.60 bits per heavy atom.